The van der Waals surface area contributed by atoms with Gasteiger partial charge in [-0.3, -0.25) is 0 Å². The molecule has 7 heteroatoms. The van der Waals surface area contributed by atoms with Gasteiger partial charge in [0.2, 0.25) is 10.0 Å². The first-order valence-corrected chi connectivity index (χ1v) is 7.98. The summed E-state index contributed by atoms with van der Waals surface area (Å²) in [5, 5.41) is 10.0. The van der Waals surface area contributed by atoms with Crippen molar-refractivity contribution < 1.29 is 22.3 Å². The molecule has 22 heavy (non-hydrogen) atoms. The molecule has 2 aromatic rings. The molecule has 0 saturated carbocycles. The predicted octanol–water partition coefficient (Wildman–Crippen LogP) is 2.29. The second-order valence-electron chi connectivity index (χ2n) is 4.80. The summed E-state index contributed by atoms with van der Waals surface area (Å²) in [6, 6.07) is 9.16. The molecule has 0 aliphatic heterocycles. The molecule has 0 bridgehead atoms. The highest BCUT2D eigenvalue weighted by atomic mass is 32.2. The maximum atomic E-state index is 13.5. The van der Waals surface area contributed by atoms with Crippen LogP contribution in [0.5, 0.6) is 0 Å². The van der Waals surface area contributed by atoms with Gasteiger partial charge in [0.15, 0.2) is 0 Å². The van der Waals surface area contributed by atoms with Gasteiger partial charge in [-0.15, -0.1) is 0 Å². The smallest absolute Gasteiger partial charge is 0.243 e. The van der Waals surface area contributed by atoms with Crippen molar-refractivity contribution in [3.8, 4) is 0 Å². The van der Waals surface area contributed by atoms with Crippen molar-refractivity contribution in [3.05, 3.63) is 65.2 Å². The number of aryl methyl sites for hydroxylation is 1. The van der Waals surface area contributed by atoms with Gasteiger partial charge in [0.1, 0.15) is 16.5 Å². The van der Waals surface area contributed by atoms with Crippen molar-refractivity contribution in [3.63, 3.8) is 0 Å². The van der Waals surface area contributed by atoms with Crippen LogP contribution in [0.4, 0.5) is 8.78 Å². The van der Waals surface area contributed by atoms with Crippen molar-refractivity contribution in [1.82, 2.24) is 4.72 Å². The SMILES string of the molecule is Cc1ccccc1C(O)CNS(=O)(=O)c1ccc(F)cc1F. The second-order valence-corrected chi connectivity index (χ2v) is 6.53. The van der Waals surface area contributed by atoms with Crippen molar-refractivity contribution >= 4 is 10.0 Å². The Morgan fingerprint density at radius 3 is 2.50 bits per heavy atom. The molecule has 0 aromatic heterocycles. The Balaban J connectivity index is 2.15. The van der Waals surface area contributed by atoms with Crippen LogP contribution in [0.3, 0.4) is 0 Å². The standard InChI is InChI=1S/C15H15F2NO3S/c1-10-4-2-3-5-12(10)14(19)9-18-22(20,21)15-7-6-11(16)8-13(15)17/h2-8,14,18-19H,9H2,1H3. The minimum absolute atomic E-state index is 0.315. The zero-order valence-electron chi connectivity index (χ0n) is 11.8. The largest absolute Gasteiger partial charge is 0.387 e. The highest BCUT2D eigenvalue weighted by molar-refractivity contribution is 7.89. The van der Waals surface area contributed by atoms with E-state index in [-0.39, 0.29) is 6.54 Å². The Labute approximate surface area is 127 Å². The van der Waals surface area contributed by atoms with Crippen LogP contribution >= 0.6 is 0 Å². The molecule has 1 unspecified atom stereocenters. The highest BCUT2D eigenvalue weighted by Gasteiger charge is 2.21. The number of sulfonamides is 1. The van der Waals surface area contributed by atoms with E-state index in [9.17, 15) is 22.3 Å². The number of benzene rings is 2. The minimum Gasteiger partial charge on any atom is -0.387 e. The maximum Gasteiger partial charge on any atom is 0.243 e. The number of aliphatic hydroxyl groups excluding tert-OH is 1. The lowest BCUT2D eigenvalue weighted by atomic mass is 10.0. The van der Waals surface area contributed by atoms with Gasteiger partial charge in [-0.1, -0.05) is 24.3 Å². The van der Waals surface area contributed by atoms with Crippen molar-refractivity contribution in [1.29, 1.82) is 0 Å². The summed E-state index contributed by atoms with van der Waals surface area (Å²) in [7, 11) is -4.18. The molecule has 0 fully saturated rings. The van der Waals surface area contributed by atoms with E-state index >= 15 is 0 Å². The molecule has 2 rings (SSSR count). The van der Waals surface area contributed by atoms with Crippen molar-refractivity contribution in [2.24, 2.45) is 0 Å². The number of hydrogen-bond donors (Lipinski definition) is 2. The molecule has 4 nitrogen and oxygen atoms in total. The van der Waals surface area contributed by atoms with Crippen LogP contribution in [0.2, 0.25) is 0 Å². The summed E-state index contributed by atoms with van der Waals surface area (Å²) in [4.78, 5) is -0.661. The fraction of sp³-hybridized carbons (Fsp3) is 0.200. The molecular weight excluding hydrogens is 312 g/mol. The van der Waals surface area contributed by atoms with Crippen LogP contribution < -0.4 is 4.72 Å². The van der Waals surface area contributed by atoms with E-state index in [1.165, 1.54) is 0 Å². The van der Waals surface area contributed by atoms with Crippen LogP contribution in [0.25, 0.3) is 0 Å². The van der Waals surface area contributed by atoms with Crippen LogP contribution in [0.15, 0.2) is 47.4 Å². The molecular formula is C15H15F2NO3S. The van der Waals surface area contributed by atoms with Gasteiger partial charge >= 0.3 is 0 Å². The molecule has 0 radical (unpaired) electrons. The maximum absolute atomic E-state index is 13.5. The molecule has 118 valence electrons. The van der Waals surface area contributed by atoms with Gasteiger partial charge in [-0.2, -0.15) is 0 Å². The Morgan fingerprint density at radius 1 is 1.18 bits per heavy atom. The predicted molar refractivity (Wildman–Crippen MR) is 77.7 cm³/mol. The lowest BCUT2D eigenvalue weighted by Crippen LogP contribution is -2.29. The van der Waals surface area contributed by atoms with Crippen LogP contribution in [0, 0.1) is 18.6 Å². The molecule has 0 aliphatic rings. The number of aliphatic hydroxyl groups is 1. The average molecular weight is 327 g/mol. The first-order valence-electron chi connectivity index (χ1n) is 6.49. The third kappa shape index (κ3) is 3.68. The second kappa shape index (κ2) is 6.51. The minimum atomic E-state index is -4.18. The molecule has 2 aromatic carbocycles. The Morgan fingerprint density at radius 2 is 1.86 bits per heavy atom. The molecule has 1 atom stereocenters. The summed E-state index contributed by atoms with van der Waals surface area (Å²) in [6.45, 7) is 1.47. The van der Waals surface area contributed by atoms with E-state index in [2.05, 4.69) is 4.72 Å². The van der Waals surface area contributed by atoms with Crippen molar-refractivity contribution in [2.45, 2.75) is 17.9 Å². The zero-order valence-corrected chi connectivity index (χ0v) is 12.6. The lowest BCUT2D eigenvalue weighted by molar-refractivity contribution is 0.181. The monoisotopic (exact) mass is 327 g/mol. The van der Waals surface area contributed by atoms with E-state index in [0.717, 1.165) is 17.7 Å². The fourth-order valence-corrected chi connectivity index (χ4v) is 3.13. The molecule has 0 spiro atoms. The average Bonchev–Trinajstić information content (AvgIpc) is 2.45. The van der Waals surface area contributed by atoms with E-state index in [1.807, 2.05) is 0 Å². The summed E-state index contributed by atoms with van der Waals surface area (Å²) in [6.07, 6.45) is -1.07. The van der Waals surface area contributed by atoms with Gasteiger partial charge < -0.3 is 5.11 Å². The highest BCUT2D eigenvalue weighted by Crippen LogP contribution is 2.19. The number of halogens is 2. The number of hydrogen-bond acceptors (Lipinski definition) is 3. The van der Waals surface area contributed by atoms with E-state index < -0.39 is 32.7 Å². The van der Waals surface area contributed by atoms with E-state index in [0.29, 0.717) is 11.6 Å². The number of rotatable bonds is 5. The Hall–Kier alpha value is -1.83. The third-order valence-corrected chi connectivity index (χ3v) is 4.65. The van der Waals surface area contributed by atoms with Gasteiger partial charge in [0.05, 0.1) is 6.10 Å². The number of nitrogens with one attached hydrogen (secondary N) is 1. The first-order chi connectivity index (χ1) is 10.3. The van der Waals surface area contributed by atoms with Crippen LogP contribution in [-0.2, 0) is 10.0 Å². The van der Waals surface area contributed by atoms with Gasteiger partial charge in [0.25, 0.3) is 0 Å². The van der Waals surface area contributed by atoms with Crippen LogP contribution in [0.1, 0.15) is 17.2 Å². The quantitative estimate of drug-likeness (QED) is 0.885. The van der Waals surface area contributed by atoms with Crippen LogP contribution in [-0.4, -0.2) is 20.1 Å². The third-order valence-electron chi connectivity index (χ3n) is 3.20. The van der Waals surface area contributed by atoms with E-state index in [1.54, 1.807) is 31.2 Å². The fourth-order valence-electron chi connectivity index (χ4n) is 2.03. The Kier molecular flexibility index (Phi) is 4.90. The normalized spacial score (nSPS) is 13.1. The summed E-state index contributed by atoms with van der Waals surface area (Å²) < 4.78 is 52.5. The van der Waals surface area contributed by atoms with Crippen molar-refractivity contribution in [2.75, 3.05) is 6.54 Å². The summed E-state index contributed by atoms with van der Waals surface area (Å²) >= 11 is 0. The van der Waals surface area contributed by atoms with Gasteiger partial charge in [0, 0.05) is 12.6 Å². The summed E-state index contributed by atoms with van der Waals surface area (Å²) in [5.74, 6) is -2.05. The molecule has 0 amide bonds. The zero-order chi connectivity index (χ0) is 16.3. The topological polar surface area (TPSA) is 66.4 Å². The first kappa shape index (κ1) is 16.5. The summed E-state index contributed by atoms with van der Waals surface area (Å²) in [5.41, 5.74) is 1.38. The molecule has 0 saturated heterocycles. The van der Waals surface area contributed by atoms with E-state index in [4.69, 9.17) is 0 Å². The molecule has 2 N–H and O–H groups in total. The lowest BCUT2D eigenvalue weighted by Gasteiger charge is -2.15. The molecule has 0 aliphatic carbocycles. The Bertz CT molecular complexity index is 778. The van der Waals surface area contributed by atoms with Gasteiger partial charge in [-0.05, 0) is 30.2 Å². The molecule has 0 heterocycles. The van der Waals surface area contributed by atoms with Gasteiger partial charge in [-0.25, -0.2) is 21.9 Å².